The SMILES string of the molecule is CN(CC1CCCCCN1)C1CCC1. The van der Waals surface area contributed by atoms with E-state index < -0.39 is 0 Å². The topological polar surface area (TPSA) is 15.3 Å². The van der Waals surface area contributed by atoms with Crippen molar-refractivity contribution in [3.05, 3.63) is 0 Å². The van der Waals surface area contributed by atoms with Gasteiger partial charge in [-0.2, -0.15) is 0 Å². The number of likely N-dealkylation sites (N-methyl/N-ethyl adjacent to an activating group) is 1. The van der Waals surface area contributed by atoms with Gasteiger partial charge in [-0.15, -0.1) is 0 Å². The van der Waals surface area contributed by atoms with E-state index in [1.807, 2.05) is 0 Å². The lowest BCUT2D eigenvalue weighted by atomic mass is 9.91. The van der Waals surface area contributed by atoms with Gasteiger partial charge in [0, 0.05) is 18.6 Å². The molecule has 1 aliphatic heterocycles. The summed E-state index contributed by atoms with van der Waals surface area (Å²) in [5.41, 5.74) is 0. The minimum Gasteiger partial charge on any atom is -0.313 e. The first-order chi connectivity index (χ1) is 6.86. The van der Waals surface area contributed by atoms with Crippen LogP contribution in [0, 0.1) is 0 Å². The van der Waals surface area contributed by atoms with Gasteiger partial charge in [-0.1, -0.05) is 19.3 Å². The smallest absolute Gasteiger partial charge is 0.0195 e. The fraction of sp³-hybridized carbons (Fsp3) is 1.00. The molecule has 1 aliphatic carbocycles. The lowest BCUT2D eigenvalue weighted by Crippen LogP contribution is -2.45. The fourth-order valence-electron chi connectivity index (χ4n) is 2.58. The molecule has 1 saturated heterocycles. The normalized spacial score (nSPS) is 30.0. The Labute approximate surface area is 88.1 Å². The predicted molar refractivity (Wildman–Crippen MR) is 60.5 cm³/mol. The van der Waals surface area contributed by atoms with Crippen LogP contribution < -0.4 is 5.32 Å². The fourth-order valence-corrected chi connectivity index (χ4v) is 2.58. The summed E-state index contributed by atoms with van der Waals surface area (Å²) < 4.78 is 0. The van der Waals surface area contributed by atoms with Crippen LogP contribution in [0.3, 0.4) is 0 Å². The quantitative estimate of drug-likeness (QED) is 0.743. The maximum Gasteiger partial charge on any atom is 0.0195 e. The third-order valence-electron chi connectivity index (χ3n) is 3.87. The van der Waals surface area contributed by atoms with Crippen molar-refractivity contribution in [2.75, 3.05) is 20.1 Å². The summed E-state index contributed by atoms with van der Waals surface area (Å²) in [4.78, 5) is 2.58. The summed E-state index contributed by atoms with van der Waals surface area (Å²) in [6, 6.07) is 1.67. The molecule has 0 aromatic heterocycles. The van der Waals surface area contributed by atoms with Crippen molar-refractivity contribution in [1.82, 2.24) is 10.2 Å². The minimum absolute atomic E-state index is 0.767. The highest BCUT2D eigenvalue weighted by molar-refractivity contribution is 4.82. The number of rotatable bonds is 3. The highest BCUT2D eigenvalue weighted by atomic mass is 15.2. The van der Waals surface area contributed by atoms with E-state index in [4.69, 9.17) is 0 Å². The highest BCUT2D eigenvalue weighted by Gasteiger charge is 2.24. The molecule has 82 valence electrons. The van der Waals surface area contributed by atoms with Gasteiger partial charge in [0.15, 0.2) is 0 Å². The number of hydrogen-bond acceptors (Lipinski definition) is 2. The molecule has 2 fully saturated rings. The molecule has 0 radical (unpaired) electrons. The maximum atomic E-state index is 3.67. The van der Waals surface area contributed by atoms with Gasteiger partial charge < -0.3 is 10.2 Å². The zero-order valence-electron chi connectivity index (χ0n) is 9.47. The van der Waals surface area contributed by atoms with Crippen LogP contribution in [0.4, 0.5) is 0 Å². The van der Waals surface area contributed by atoms with Gasteiger partial charge >= 0.3 is 0 Å². The molecule has 2 nitrogen and oxygen atoms in total. The van der Waals surface area contributed by atoms with E-state index in [-0.39, 0.29) is 0 Å². The summed E-state index contributed by atoms with van der Waals surface area (Å²) in [7, 11) is 2.30. The summed E-state index contributed by atoms with van der Waals surface area (Å²) in [6.07, 6.45) is 9.94. The molecule has 0 aromatic carbocycles. The Bertz CT molecular complexity index is 158. The molecule has 0 spiro atoms. The molecule has 2 heteroatoms. The van der Waals surface area contributed by atoms with Crippen LogP contribution in [0.1, 0.15) is 44.9 Å². The van der Waals surface area contributed by atoms with Crippen LogP contribution in [-0.2, 0) is 0 Å². The Morgan fingerprint density at radius 1 is 1.07 bits per heavy atom. The second-order valence-electron chi connectivity index (χ2n) is 5.02. The zero-order valence-corrected chi connectivity index (χ0v) is 9.47. The largest absolute Gasteiger partial charge is 0.313 e. The van der Waals surface area contributed by atoms with Crippen LogP contribution in [0.25, 0.3) is 0 Å². The Morgan fingerprint density at radius 2 is 1.93 bits per heavy atom. The molecule has 1 saturated carbocycles. The Morgan fingerprint density at radius 3 is 2.64 bits per heavy atom. The molecule has 0 amide bonds. The van der Waals surface area contributed by atoms with Gasteiger partial charge in [0.1, 0.15) is 0 Å². The molecule has 0 bridgehead atoms. The number of hydrogen-bond donors (Lipinski definition) is 1. The van der Waals surface area contributed by atoms with E-state index in [9.17, 15) is 0 Å². The summed E-state index contributed by atoms with van der Waals surface area (Å²) >= 11 is 0. The van der Waals surface area contributed by atoms with E-state index >= 15 is 0 Å². The van der Waals surface area contributed by atoms with E-state index in [1.165, 1.54) is 58.0 Å². The van der Waals surface area contributed by atoms with Crippen molar-refractivity contribution in [1.29, 1.82) is 0 Å². The molecular formula is C12H24N2. The third-order valence-corrected chi connectivity index (χ3v) is 3.87. The predicted octanol–water partition coefficient (Wildman–Crippen LogP) is 2.00. The average Bonchev–Trinajstić information content (AvgIpc) is 2.29. The second kappa shape index (κ2) is 5.13. The van der Waals surface area contributed by atoms with E-state index in [1.54, 1.807) is 0 Å². The van der Waals surface area contributed by atoms with E-state index in [0.717, 1.165) is 12.1 Å². The van der Waals surface area contributed by atoms with Crippen LogP contribution in [0.5, 0.6) is 0 Å². The van der Waals surface area contributed by atoms with Crippen molar-refractivity contribution < 1.29 is 0 Å². The minimum atomic E-state index is 0.767. The Balaban J connectivity index is 1.71. The van der Waals surface area contributed by atoms with Crippen LogP contribution in [0.15, 0.2) is 0 Å². The second-order valence-corrected chi connectivity index (χ2v) is 5.02. The van der Waals surface area contributed by atoms with Crippen molar-refractivity contribution in [2.24, 2.45) is 0 Å². The lowest BCUT2D eigenvalue weighted by molar-refractivity contribution is 0.144. The van der Waals surface area contributed by atoms with Crippen molar-refractivity contribution in [3.8, 4) is 0 Å². The van der Waals surface area contributed by atoms with Crippen LogP contribution >= 0.6 is 0 Å². The standard InChI is InChI=1S/C12H24N2/c1-14(12-7-5-8-12)10-11-6-3-2-4-9-13-11/h11-13H,2-10H2,1H3. The molecule has 2 aliphatic rings. The van der Waals surface area contributed by atoms with Crippen molar-refractivity contribution in [2.45, 2.75) is 57.0 Å². The van der Waals surface area contributed by atoms with Gasteiger partial charge in [-0.3, -0.25) is 0 Å². The van der Waals surface area contributed by atoms with E-state index in [2.05, 4.69) is 17.3 Å². The molecular weight excluding hydrogens is 172 g/mol. The molecule has 0 aromatic rings. The number of nitrogens with one attached hydrogen (secondary N) is 1. The van der Waals surface area contributed by atoms with Gasteiger partial charge in [-0.25, -0.2) is 0 Å². The van der Waals surface area contributed by atoms with Gasteiger partial charge in [0.2, 0.25) is 0 Å². The number of nitrogens with zero attached hydrogens (tertiary/aromatic N) is 1. The Kier molecular flexibility index (Phi) is 3.82. The molecule has 14 heavy (non-hydrogen) atoms. The Hall–Kier alpha value is -0.0800. The third kappa shape index (κ3) is 2.71. The van der Waals surface area contributed by atoms with Crippen LogP contribution in [-0.4, -0.2) is 37.1 Å². The molecule has 1 N–H and O–H groups in total. The summed E-state index contributed by atoms with van der Waals surface area (Å²) in [5, 5.41) is 3.67. The first-order valence-electron chi connectivity index (χ1n) is 6.30. The van der Waals surface area contributed by atoms with Crippen LogP contribution in [0.2, 0.25) is 0 Å². The molecule has 1 heterocycles. The van der Waals surface area contributed by atoms with Crippen molar-refractivity contribution in [3.63, 3.8) is 0 Å². The average molecular weight is 196 g/mol. The monoisotopic (exact) mass is 196 g/mol. The molecule has 1 unspecified atom stereocenters. The van der Waals surface area contributed by atoms with Gasteiger partial charge in [0.25, 0.3) is 0 Å². The zero-order chi connectivity index (χ0) is 9.80. The van der Waals surface area contributed by atoms with Gasteiger partial charge in [-0.05, 0) is 39.3 Å². The lowest BCUT2D eigenvalue weighted by Gasteiger charge is -2.36. The van der Waals surface area contributed by atoms with E-state index in [0.29, 0.717) is 0 Å². The summed E-state index contributed by atoms with van der Waals surface area (Å²) in [6.45, 7) is 2.51. The van der Waals surface area contributed by atoms with Crippen molar-refractivity contribution >= 4 is 0 Å². The summed E-state index contributed by atoms with van der Waals surface area (Å²) in [5.74, 6) is 0. The highest BCUT2D eigenvalue weighted by Crippen LogP contribution is 2.24. The molecule has 2 rings (SSSR count). The first kappa shape index (κ1) is 10.4. The van der Waals surface area contributed by atoms with Gasteiger partial charge in [0.05, 0.1) is 0 Å². The first-order valence-corrected chi connectivity index (χ1v) is 6.30. The maximum absolute atomic E-state index is 3.67. The molecule has 1 atom stereocenters.